The second-order valence-electron chi connectivity index (χ2n) is 7.37. The van der Waals surface area contributed by atoms with E-state index in [0.29, 0.717) is 24.3 Å². The van der Waals surface area contributed by atoms with Crippen LogP contribution in [0.5, 0.6) is 0 Å². The van der Waals surface area contributed by atoms with Crippen molar-refractivity contribution in [1.29, 1.82) is 0 Å². The van der Waals surface area contributed by atoms with Crippen LogP contribution in [0.4, 0.5) is 10.5 Å². The first-order valence-corrected chi connectivity index (χ1v) is 8.94. The molecule has 2 heterocycles. The zero-order valence-electron chi connectivity index (χ0n) is 15.8. The molecule has 0 radical (unpaired) electrons. The SMILES string of the molecule is CC(C)(C)OC(=O)N1CCN(CCCNc2ccncc2C(N)=O)CC1. The number of carbonyl (C=O) groups is 2. The smallest absolute Gasteiger partial charge is 0.410 e. The fraction of sp³-hybridized carbons (Fsp3) is 0.611. The van der Waals surface area contributed by atoms with Crippen LogP contribution in [0.2, 0.25) is 0 Å². The summed E-state index contributed by atoms with van der Waals surface area (Å²) in [6, 6.07) is 1.75. The third kappa shape index (κ3) is 6.18. The fourth-order valence-electron chi connectivity index (χ4n) is 2.75. The average Bonchev–Trinajstić information content (AvgIpc) is 2.58. The second-order valence-corrected chi connectivity index (χ2v) is 7.37. The summed E-state index contributed by atoms with van der Waals surface area (Å²) in [6.07, 6.45) is 3.79. The zero-order valence-corrected chi connectivity index (χ0v) is 15.8. The van der Waals surface area contributed by atoms with Crippen molar-refractivity contribution >= 4 is 17.7 Å². The van der Waals surface area contributed by atoms with E-state index >= 15 is 0 Å². The number of aromatic nitrogens is 1. The number of pyridine rings is 1. The summed E-state index contributed by atoms with van der Waals surface area (Å²) in [5.41, 5.74) is 5.99. The first-order chi connectivity index (χ1) is 12.3. The molecule has 8 nitrogen and oxygen atoms in total. The molecule has 3 N–H and O–H groups in total. The van der Waals surface area contributed by atoms with Gasteiger partial charge in [-0.25, -0.2) is 4.79 Å². The molecule has 1 aromatic heterocycles. The number of amides is 2. The van der Waals surface area contributed by atoms with E-state index in [4.69, 9.17) is 10.5 Å². The van der Waals surface area contributed by atoms with Gasteiger partial charge in [0.15, 0.2) is 0 Å². The van der Waals surface area contributed by atoms with Crippen LogP contribution in [0.15, 0.2) is 18.5 Å². The van der Waals surface area contributed by atoms with Crippen molar-refractivity contribution < 1.29 is 14.3 Å². The van der Waals surface area contributed by atoms with Gasteiger partial charge in [-0.05, 0) is 39.8 Å². The molecule has 0 saturated carbocycles. The van der Waals surface area contributed by atoms with Gasteiger partial charge < -0.3 is 20.7 Å². The van der Waals surface area contributed by atoms with Gasteiger partial charge >= 0.3 is 6.09 Å². The van der Waals surface area contributed by atoms with Crippen LogP contribution in [0, 0.1) is 0 Å². The quantitative estimate of drug-likeness (QED) is 0.744. The average molecular weight is 363 g/mol. The number of anilines is 1. The van der Waals surface area contributed by atoms with Gasteiger partial charge in [-0.1, -0.05) is 0 Å². The second kappa shape index (κ2) is 8.84. The summed E-state index contributed by atoms with van der Waals surface area (Å²) in [4.78, 5) is 31.4. The number of piperazine rings is 1. The van der Waals surface area contributed by atoms with Gasteiger partial charge in [0.1, 0.15) is 5.60 Å². The monoisotopic (exact) mass is 363 g/mol. The van der Waals surface area contributed by atoms with Crippen molar-refractivity contribution in [3.8, 4) is 0 Å². The van der Waals surface area contributed by atoms with Gasteiger partial charge in [0.05, 0.1) is 11.3 Å². The van der Waals surface area contributed by atoms with E-state index < -0.39 is 11.5 Å². The van der Waals surface area contributed by atoms with E-state index in [2.05, 4.69) is 15.2 Å². The number of rotatable bonds is 6. The molecule has 0 atom stereocenters. The van der Waals surface area contributed by atoms with Crippen LogP contribution in [-0.2, 0) is 4.74 Å². The Balaban J connectivity index is 1.68. The summed E-state index contributed by atoms with van der Waals surface area (Å²) in [5.74, 6) is -0.487. The van der Waals surface area contributed by atoms with Crippen molar-refractivity contribution in [2.45, 2.75) is 32.8 Å². The first kappa shape index (κ1) is 20.0. The minimum absolute atomic E-state index is 0.240. The molecule has 1 aromatic rings. The molecule has 8 heteroatoms. The highest BCUT2D eigenvalue weighted by Crippen LogP contribution is 2.14. The topological polar surface area (TPSA) is 101 Å². The number of nitrogens with zero attached hydrogens (tertiary/aromatic N) is 3. The van der Waals surface area contributed by atoms with E-state index in [0.717, 1.165) is 32.6 Å². The Hall–Kier alpha value is -2.35. The minimum Gasteiger partial charge on any atom is -0.444 e. The minimum atomic E-state index is -0.487. The number of ether oxygens (including phenoxy) is 1. The summed E-state index contributed by atoms with van der Waals surface area (Å²) in [6.45, 7) is 10.3. The van der Waals surface area contributed by atoms with Gasteiger partial charge in [-0.2, -0.15) is 0 Å². The Morgan fingerprint density at radius 2 is 1.96 bits per heavy atom. The molecule has 26 heavy (non-hydrogen) atoms. The Morgan fingerprint density at radius 3 is 2.58 bits per heavy atom. The van der Waals surface area contributed by atoms with E-state index in [9.17, 15) is 9.59 Å². The van der Waals surface area contributed by atoms with Crippen molar-refractivity contribution in [2.24, 2.45) is 5.73 Å². The van der Waals surface area contributed by atoms with Gasteiger partial charge in [0, 0.05) is 45.1 Å². The molecular formula is C18H29N5O3. The molecule has 1 fully saturated rings. The molecular weight excluding hydrogens is 334 g/mol. The molecule has 2 amide bonds. The highest BCUT2D eigenvalue weighted by Gasteiger charge is 2.25. The van der Waals surface area contributed by atoms with E-state index in [1.165, 1.54) is 6.20 Å². The third-order valence-corrected chi connectivity index (χ3v) is 4.08. The molecule has 1 aliphatic heterocycles. The van der Waals surface area contributed by atoms with Crippen molar-refractivity contribution in [1.82, 2.24) is 14.8 Å². The molecule has 1 saturated heterocycles. The molecule has 0 bridgehead atoms. The lowest BCUT2D eigenvalue weighted by Crippen LogP contribution is -2.50. The lowest BCUT2D eigenvalue weighted by atomic mass is 10.2. The summed E-state index contributed by atoms with van der Waals surface area (Å²) in [5, 5.41) is 3.23. The highest BCUT2D eigenvalue weighted by molar-refractivity contribution is 5.98. The Morgan fingerprint density at radius 1 is 1.27 bits per heavy atom. The van der Waals surface area contributed by atoms with Crippen molar-refractivity contribution in [3.63, 3.8) is 0 Å². The van der Waals surface area contributed by atoms with Crippen LogP contribution in [-0.4, -0.2) is 71.7 Å². The van der Waals surface area contributed by atoms with E-state index in [-0.39, 0.29) is 6.09 Å². The standard InChI is InChI=1S/C18H29N5O3/c1-18(2,3)26-17(25)23-11-9-22(10-12-23)8-4-6-21-15-5-7-20-13-14(15)16(19)24/h5,7,13H,4,6,8-12H2,1-3H3,(H2,19,24)(H,20,21). The number of primary amides is 1. The van der Waals surface area contributed by atoms with Crippen LogP contribution < -0.4 is 11.1 Å². The number of hydrogen-bond acceptors (Lipinski definition) is 6. The highest BCUT2D eigenvalue weighted by atomic mass is 16.6. The predicted molar refractivity (Wildman–Crippen MR) is 100 cm³/mol. The van der Waals surface area contributed by atoms with Gasteiger partial charge in [-0.15, -0.1) is 0 Å². The molecule has 0 aliphatic carbocycles. The maximum Gasteiger partial charge on any atom is 0.410 e. The largest absolute Gasteiger partial charge is 0.444 e. The third-order valence-electron chi connectivity index (χ3n) is 4.08. The normalized spacial score (nSPS) is 15.6. The summed E-state index contributed by atoms with van der Waals surface area (Å²) >= 11 is 0. The first-order valence-electron chi connectivity index (χ1n) is 8.94. The van der Waals surface area contributed by atoms with E-state index in [1.54, 1.807) is 17.2 Å². The maximum atomic E-state index is 12.1. The summed E-state index contributed by atoms with van der Waals surface area (Å²) in [7, 11) is 0. The molecule has 144 valence electrons. The fourth-order valence-corrected chi connectivity index (χ4v) is 2.75. The number of hydrogen-bond donors (Lipinski definition) is 2. The van der Waals surface area contributed by atoms with Crippen molar-refractivity contribution in [2.75, 3.05) is 44.6 Å². The van der Waals surface area contributed by atoms with Crippen LogP contribution in [0.1, 0.15) is 37.6 Å². The van der Waals surface area contributed by atoms with Crippen LogP contribution >= 0.6 is 0 Å². The van der Waals surface area contributed by atoms with Gasteiger partial charge in [-0.3, -0.25) is 14.7 Å². The number of nitrogens with one attached hydrogen (secondary N) is 1. The van der Waals surface area contributed by atoms with Crippen LogP contribution in [0.3, 0.4) is 0 Å². The Bertz CT molecular complexity index is 621. The number of nitrogens with two attached hydrogens (primary N) is 1. The predicted octanol–water partition coefficient (Wildman–Crippen LogP) is 1.54. The van der Waals surface area contributed by atoms with Crippen molar-refractivity contribution in [3.05, 3.63) is 24.0 Å². The summed E-state index contributed by atoms with van der Waals surface area (Å²) < 4.78 is 5.41. The Labute approximate surface area is 154 Å². The molecule has 0 aromatic carbocycles. The van der Waals surface area contributed by atoms with Gasteiger partial charge in [0.2, 0.25) is 0 Å². The molecule has 2 rings (SSSR count). The maximum absolute atomic E-state index is 12.1. The lowest BCUT2D eigenvalue weighted by Gasteiger charge is -2.35. The van der Waals surface area contributed by atoms with Gasteiger partial charge in [0.25, 0.3) is 5.91 Å². The molecule has 0 spiro atoms. The molecule has 1 aliphatic rings. The Kier molecular flexibility index (Phi) is 6.79. The van der Waals surface area contributed by atoms with Crippen LogP contribution in [0.25, 0.3) is 0 Å². The number of carbonyl (C=O) groups excluding carboxylic acids is 2. The lowest BCUT2D eigenvalue weighted by molar-refractivity contribution is 0.0145. The van der Waals surface area contributed by atoms with E-state index in [1.807, 2.05) is 20.8 Å². The molecule has 0 unspecified atom stereocenters. The zero-order chi connectivity index (χ0) is 19.2.